The molecule has 7 heteroatoms. The molecule has 0 bridgehead atoms. The van der Waals surface area contributed by atoms with Crippen molar-refractivity contribution in [1.82, 2.24) is 14.5 Å². The number of anilines is 2. The highest BCUT2D eigenvalue weighted by Crippen LogP contribution is 2.38. The maximum absolute atomic E-state index is 6.47. The van der Waals surface area contributed by atoms with E-state index in [0.29, 0.717) is 46.8 Å². The van der Waals surface area contributed by atoms with E-state index in [0.717, 1.165) is 16.7 Å². The molecule has 0 fully saturated rings. The molecule has 2 aromatic carbocycles. The number of pyridine rings is 1. The van der Waals surface area contributed by atoms with Crippen LogP contribution in [0.25, 0.3) is 17.1 Å². The number of hydrogen-bond donors (Lipinski definition) is 2. The van der Waals surface area contributed by atoms with Gasteiger partial charge in [-0.1, -0.05) is 30.3 Å². The van der Waals surface area contributed by atoms with Crippen LogP contribution in [0.5, 0.6) is 11.5 Å². The van der Waals surface area contributed by atoms with Crippen molar-refractivity contribution in [3.8, 4) is 28.6 Å². The predicted octanol–water partition coefficient (Wildman–Crippen LogP) is 4.30. The molecule has 0 amide bonds. The van der Waals surface area contributed by atoms with Crippen LogP contribution in [-0.2, 0) is 6.61 Å². The Hall–Kier alpha value is -4.00. The number of methoxy groups -OCH3 is 1. The topological polar surface area (TPSA) is 101 Å². The van der Waals surface area contributed by atoms with Crippen molar-refractivity contribution < 1.29 is 9.47 Å². The van der Waals surface area contributed by atoms with Gasteiger partial charge in [0.25, 0.3) is 0 Å². The van der Waals surface area contributed by atoms with Gasteiger partial charge in [-0.15, -0.1) is 0 Å². The predicted molar refractivity (Wildman–Crippen MR) is 122 cm³/mol. The molecule has 0 radical (unpaired) electrons. The summed E-state index contributed by atoms with van der Waals surface area (Å²) in [6.07, 6.45) is 3.53. The summed E-state index contributed by atoms with van der Waals surface area (Å²) < 4.78 is 13.4. The average molecular weight is 415 g/mol. The lowest BCUT2D eigenvalue weighted by Gasteiger charge is -2.18. The van der Waals surface area contributed by atoms with Crippen LogP contribution >= 0.6 is 0 Å². The Morgan fingerprint density at radius 1 is 1.03 bits per heavy atom. The molecular weight excluding hydrogens is 390 g/mol. The fraction of sp³-hybridized carbons (Fsp3) is 0.167. The number of aryl methyl sites for hydroxylation is 2. The number of imidazole rings is 1. The number of hydrogen-bond acceptors (Lipinski definition) is 6. The Bertz CT molecular complexity index is 1220. The average Bonchev–Trinajstić information content (AvgIpc) is 3.08. The monoisotopic (exact) mass is 415 g/mol. The third-order valence-corrected chi connectivity index (χ3v) is 5.16. The minimum atomic E-state index is 0.419. The van der Waals surface area contributed by atoms with Crippen LogP contribution in [0.4, 0.5) is 11.5 Å². The largest absolute Gasteiger partial charge is 0.494 e. The smallest absolute Gasteiger partial charge is 0.147 e. The van der Waals surface area contributed by atoms with Gasteiger partial charge >= 0.3 is 0 Å². The molecule has 31 heavy (non-hydrogen) atoms. The van der Waals surface area contributed by atoms with Crippen molar-refractivity contribution in [1.29, 1.82) is 0 Å². The molecule has 0 atom stereocenters. The maximum Gasteiger partial charge on any atom is 0.147 e. The van der Waals surface area contributed by atoms with Gasteiger partial charge in [0.2, 0.25) is 0 Å². The Labute approximate surface area is 181 Å². The van der Waals surface area contributed by atoms with Gasteiger partial charge in [-0.25, -0.2) is 4.98 Å². The maximum atomic E-state index is 6.47. The second-order valence-electron chi connectivity index (χ2n) is 7.26. The van der Waals surface area contributed by atoms with Crippen LogP contribution in [0.2, 0.25) is 0 Å². The lowest BCUT2D eigenvalue weighted by Crippen LogP contribution is -2.08. The van der Waals surface area contributed by atoms with Crippen LogP contribution in [0.1, 0.15) is 16.8 Å². The summed E-state index contributed by atoms with van der Waals surface area (Å²) in [6.45, 7) is 4.27. The third kappa shape index (κ3) is 3.90. The Morgan fingerprint density at radius 2 is 1.81 bits per heavy atom. The van der Waals surface area contributed by atoms with E-state index in [1.807, 2.05) is 60.9 Å². The first-order chi connectivity index (χ1) is 15.0. The summed E-state index contributed by atoms with van der Waals surface area (Å²) in [5.74, 6) is 2.31. The van der Waals surface area contributed by atoms with Crippen LogP contribution in [0, 0.1) is 13.8 Å². The molecule has 4 rings (SSSR count). The number of nitrogen functional groups attached to an aromatic ring is 2. The fourth-order valence-corrected chi connectivity index (χ4v) is 3.46. The van der Waals surface area contributed by atoms with Crippen molar-refractivity contribution in [2.45, 2.75) is 20.5 Å². The molecular formula is C24H25N5O2. The minimum absolute atomic E-state index is 0.419. The molecule has 4 aromatic rings. The minimum Gasteiger partial charge on any atom is -0.494 e. The molecule has 2 heterocycles. The van der Waals surface area contributed by atoms with Crippen LogP contribution < -0.4 is 20.9 Å². The molecule has 0 saturated carbocycles. The molecule has 4 N–H and O–H groups in total. The van der Waals surface area contributed by atoms with Crippen LogP contribution in [0.3, 0.4) is 0 Å². The highest BCUT2D eigenvalue weighted by atomic mass is 16.5. The van der Waals surface area contributed by atoms with Crippen molar-refractivity contribution in [3.63, 3.8) is 0 Å². The third-order valence-electron chi connectivity index (χ3n) is 5.16. The lowest BCUT2D eigenvalue weighted by molar-refractivity contribution is 0.304. The van der Waals surface area contributed by atoms with Gasteiger partial charge in [0.1, 0.15) is 29.7 Å². The number of nitrogens with two attached hydrogens (primary N) is 2. The summed E-state index contributed by atoms with van der Waals surface area (Å²) in [4.78, 5) is 8.89. The lowest BCUT2D eigenvalue weighted by atomic mass is 10.1. The zero-order valence-electron chi connectivity index (χ0n) is 17.8. The van der Waals surface area contributed by atoms with Gasteiger partial charge in [0, 0.05) is 30.1 Å². The van der Waals surface area contributed by atoms with Crippen LogP contribution in [-0.4, -0.2) is 21.6 Å². The normalized spacial score (nSPS) is 10.8. The van der Waals surface area contributed by atoms with Gasteiger partial charge in [0.05, 0.1) is 24.2 Å². The van der Waals surface area contributed by atoms with E-state index in [1.165, 1.54) is 0 Å². The van der Waals surface area contributed by atoms with E-state index >= 15 is 0 Å². The molecule has 0 spiro atoms. The fourth-order valence-electron chi connectivity index (χ4n) is 3.46. The van der Waals surface area contributed by atoms with Gasteiger partial charge in [-0.3, -0.25) is 9.55 Å². The molecule has 0 aliphatic heterocycles. The molecule has 2 aromatic heterocycles. The van der Waals surface area contributed by atoms with Crippen LogP contribution in [0.15, 0.2) is 60.9 Å². The van der Waals surface area contributed by atoms with E-state index in [4.69, 9.17) is 25.9 Å². The molecule has 158 valence electrons. The second kappa shape index (κ2) is 8.39. The highest BCUT2D eigenvalue weighted by Gasteiger charge is 2.21. The first-order valence-corrected chi connectivity index (χ1v) is 9.90. The number of nitrogens with zero attached hydrogens (tertiary/aromatic N) is 3. The first-order valence-electron chi connectivity index (χ1n) is 9.90. The summed E-state index contributed by atoms with van der Waals surface area (Å²) in [7, 11) is 1.58. The molecule has 0 aliphatic carbocycles. The van der Waals surface area contributed by atoms with E-state index in [2.05, 4.69) is 4.98 Å². The molecule has 0 saturated heterocycles. The summed E-state index contributed by atoms with van der Waals surface area (Å²) in [5, 5.41) is 0. The Balaban J connectivity index is 1.83. The SMILES string of the molecule is COc1cc(OCc2ccccc2)cc(-n2c(-c3ccncc3C)nc(C)c2N)c1N. The zero-order valence-corrected chi connectivity index (χ0v) is 17.8. The van der Waals surface area contributed by atoms with Crippen molar-refractivity contribution in [2.24, 2.45) is 0 Å². The number of ether oxygens (including phenoxy) is 2. The second-order valence-corrected chi connectivity index (χ2v) is 7.26. The standard InChI is InChI=1S/C24H25N5O2/c1-15-13-27-10-9-19(15)24-28-16(2)23(26)29(24)20-11-18(12-21(30-3)22(20)25)31-14-17-7-5-4-6-8-17/h4-13H,14,25-26H2,1-3H3. The van der Waals surface area contributed by atoms with Crippen molar-refractivity contribution in [3.05, 3.63) is 77.7 Å². The zero-order chi connectivity index (χ0) is 22.0. The molecule has 0 aliphatic rings. The molecule has 7 nitrogen and oxygen atoms in total. The van der Waals surface area contributed by atoms with Gasteiger partial charge in [-0.2, -0.15) is 0 Å². The highest BCUT2D eigenvalue weighted by molar-refractivity contribution is 5.76. The Morgan fingerprint density at radius 3 is 2.52 bits per heavy atom. The first kappa shape index (κ1) is 20.3. The number of rotatable bonds is 6. The van der Waals surface area contributed by atoms with Gasteiger partial charge < -0.3 is 20.9 Å². The van der Waals surface area contributed by atoms with Crippen molar-refractivity contribution >= 4 is 11.5 Å². The van der Waals surface area contributed by atoms with E-state index < -0.39 is 0 Å². The Kier molecular flexibility index (Phi) is 5.49. The molecule has 0 unspecified atom stereocenters. The summed E-state index contributed by atoms with van der Waals surface area (Å²) >= 11 is 0. The van der Waals surface area contributed by atoms with E-state index in [1.54, 1.807) is 25.6 Å². The van der Waals surface area contributed by atoms with E-state index in [9.17, 15) is 0 Å². The number of benzene rings is 2. The van der Waals surface area contributed by atoms with Gasteiger partial charge in [0.15, 0.2) is 0 Å². The van der Waals surface area contributed by atoms with Gasteiger partial charge in [-0.05, 0) is 31.0 Å². The van der Waals surface area contributed by atoms with E-state index in [-0.39, 0.29) is 0 Å². The summed E-state index contributed by atoms with van der Waals surface area (Å²) in [5.41, 5.74) is 17.7. The quantitative estimate of drug-likeness (QED) is 0.455. The summed E-state index contributed by atoms with van der Waals surface area (Å²) in [6, 6.07) is 15.5. The van der Waals surface area contributed by atoms with Crippen molar-refractivity contribution in [2.75, 3.05) is 18.6 Å². The number of aromatic nitrogens is 3.